The fourth-order valence-electron chi connectivity index (χ4n) is 2.34. The van der Waals surface area contributed by atoms with Gasteiger partial charge >= 0.3 is 5.97 Å². The van der Waals surface area contributed by atoms with Crippen molar-refractivity contribution in [3.8, 4) is 0 Å². The van der Waals surface area contributed by atoms with Crippen molar-refractivity contribution >= 4 is 11.7 Å². The average Bonchev–Trinajstić information content (AvgIpc) is 2.55. The minimum Gasteiger partial charge on any atom is -0.469 e. The van der Waals surface area contributed by atoms with E-state index in [9.17, 15) is 4.79 Å². The normalized spacial score (nSPS) is 15.0. The van der Waals surface area contributed by atoms with E-state index in [4.69, 9.17) is 4.74 Å². The first-order chi connectivity index (χ1) is 10.3. The summed E-state index contributed by atoms with van der Waals surface area (Å²) < 4.78 is 9.97. The smallest absolute Gasteiger partial charge is 0.305 e. The number of ether oxygens (including phenoxy) is 2. The second-order valence-electron chi connectivity index (χ2n) is 5.12. The molecular weight excluding hydrogens is 268 g/mol. The third-order valence-electron chi connectivity index (χ3n) is 3.60. The van der Waals surface area contributed by atoms with Crippen molar-refractivity contribution in [2.24, 2.45) is 0 Å². The summed E-state index contributed by atoms with van der Waals surface area (Å²) in [5, 5.41) is 3.34. The van der Waals surface area contributed by atoms with Crippen molar-refractivity contribution in [1.82, 2.24) is 5.32 Å². The quantitative estimate of drug-likeness (QED) is 0.610. The number of carbonyl (C=O) groups excluding carboxylic acids is 1. The fourth-order valence-corrected chi connectivity index (χ4v) is 2.34. The highest BCUT2D eigenvalue weighted by Crippen LogP contribution is 2.16. The van der Waals surface area contributed by atoms with Crippen LogP contribution in [0.1, 0.15) is 18.4 Å². The summed E-state index contributed by atoms with van der Waals surface area (Å²) in [4.78, 5) is 13.3. The van der Waals surface area contributed by atoms with Crippen LogP contribution in [0.2, 0.25) is 0 Å². The maximum Gasteiger partial charge on any atom is 0.305 e. The van der Waals surface area contributed by atoms with Gasteiger partial charge in [0.2, 0.25) is 0 Å². The number of hydrogen-bond donors (Lipinski definition) is 1. The lowest BCUT2D eigenvalue weighted by molar-refractivity contribution is -0.140. The van der Waals surface area contributed by atoms with Crippen molar-refractivity contribution in [3.63, 3.8) is 0 Å². The summed E-state index contributed by atoms with van der Waals surface area (Å²) in [5.74, 6) is -0.147. The van der Waals surface area contributed by atoms with Gasteiger partial charge in [0.1, 0.15) is 0 Å². The summed E-state index contributed by atoms with van der Waals surface area (Å²) in [7, 11) is 1.42. The molecule has 1 heterocycles. The number of esters is 1. The van der Waals surface area contributed by atoms with Gasteiger partial charge in [0.15, 0.2) is 0 Å². The molecule has 1 fully saturated rings. The van der Waals surface area contributed by atoms with E-state index in [1.165, 1.54) is 18.4 Å². The molecule has 5 heteroatoms. The number of methoxy groups -OCH3 is 1. The lowest BCUT2D eigenvalue weighted by atomic mass is 10.2. The van der Waals surface area contributed by atoms with Gasteiger partial charge in [-0.1, -0.05) is 12.1 Å². The number of benzene rings is 1. The minimum atomic E-state index is -0.147. The third kappa shape index (κ3) is 5.36. The zero-order valence-electron chi connectivity index (χ0n) is 12.6. The Hall–Kier alpha value is -1.59. The van der Waals surface area contributed by atoms with Crippen LogP contribution in [0.3, 0.4) is 0 Å². The predicted octanol–water partition coefficient (Wildman–Crippen LogP) is 1.57. The minimum absolute atomic E-state index is 0.147. The molecule has 0 amide bonds. The van der Waals surface area contributed by atoms with Crippen LogP contribution in [0.5, 0.6) is 0 Å². The van der Waals surface area contributed by atoms with Gasteiger partial charge in [-0.25, -0.2) is 0 Å². The summed E-state index contributed by atoms with van der Waals surface area (Å²) >= 11 is 0. The predicted molar refractivity (Wildman–Crippen MR) is 82.4 cm³/mol. The molecule has 0 aliphatic carbocycles. The number of hydrogen-bond acceptors (Lipinski definition) is 5. The number of carbonyl (C=O) groups is 1. The first kappa shape index (κ1) is 15.8. The highest BCUT2D eigenvalue weighted by Gasteiger charge is 2.10. The Labute approximate surface area is 126 Å². The first-order valence-electron chi connectivity index (χ1n) is 7.49. The molecule has 0 saturated carbocycles. The molecule has 5 nitrogen and oxygen atoms in total. The van der Waals surface area contributed by atoms with Gasteiger partial charge in [0.05, 0.1) is 20.3 Å². The molecule has 2 rings (SSSR count). The number of morpholine rings is 1. The molecule has 1 aliphatic rings. The Morgan fingerprint density at radius 2 is 2.00 bits per heavy atom. The van der Waals surface area contributed by atoms with E-state index < -0.39 is 0 Å². The van der Waals surface area contributed by atoms with E-state index in [1.54, 1.807) is 0 Å². The Balaban J connectivity index is 1.68. The van der Waals surface area contributed by atoms with Gasteiger partial charge in [0, 0.05) is 31.7 Å². The number of anilines is 1. The molecule has 1 aromatic carbocycles. The highest BCUT2D eigenvalue weighted by molar-refractivity contribution is 5.69. The Morgan fingerprint density at radius 3 is 2.67 bits per heavy atom. The van der Waals surface area contributed by atoms with Gasteiger partial charge in [-0.15, -0.1) is 0 Å². The van der Waals surface area contributed by atoms with Crippen LogP contribution >= 0.6 is 0 Å². The van der Waals surface area contributed by atoms with Crippen molar-refractivity contribution in [2.45, 2.75) is 19.4 Å². The molecule has 1 aliphatic heterocycles. The third-order valence-corrected chi connectivity index (χ3v) is 3.60. The van der Waals surface area contributed by atoms with Crippen LogP contribution in [-0.4, -0.2) is 45.9 Å². The Kier molecular flexibility index (Phi) is 6.50. The van der Waals surface area contributed by atoms with Crippen LogP contribution in [0.4, 0.5) is 5.69 Å². The van der Waals surface area contributed by atoms with Crippen molar-refractivity contribution in [1.29, 1.82) is 0 Å². The monoisotopic (exact) mass is 292 g/mol. The second kappa shape index (κ2) is 8.64. The van der Waals surface area contributed by atoms with Gasteiger partial charge in [0.25, 0.3) is 0 Å². The van der Waals surface area contributed by atoms with Crippen molar-refractivity contribution < 1.29 is 14.3 Å². The molecule has 0 unspecified atom stereocenters. The SMILES string of the molecule is COC(=O)CCCNCc1ccc(N2CCOCC2)cc1. The molecule has 0 atom stereocenters. The van der Waals surface area contributed by atoms with E-state index in [1.807, 2.05) is 0 Å². The summed E-state index contributed by atoms with van der Waals surface area (Å²) in [6.45, 7) is 5.19. The fraction of sp³-hybridized carbons (Fsp3) is 0.562. The van der Waals surface area contributed by atoms with Crippen molar-refractivity contribution in [2.75, 3.05) is 44.9 Å². The molecule has 1 aromatic rings. The van der Waals surface area contributed by atoms with E-state index in [0.29, 0.717) is 6.42 Å². The molecule has 1 saturated heterocycles. The van der Waals surface area contributed by atoms with E-state index >= 15 is 0 Å². The van der Waals surface area contributed by atoms with Crippen molar-refractivity contribution in [3.05, 3.63) is 29.8 Å². The standard InChI is InChI=1S/C16H24N2O3/c1-20-16(19)3-2-8-17-13-14-4-6-15(7-5-14)18-9-11-21-12-10-18/h4-7,17H,2-3,8-13H2,1H3. The maximum atomic E-state index is 11.0. The van der Waals surface area contributed by atoms with Gasteiger partial charge < -0.3 is 19.7 Å². The highest BCUT2D eigenvalue weighted by atomic mass is 16.5. The van der Waals surface area contributed by atoms with Gasteiger partial charge in [-0.2, -0.15) is 0 Å². The summed E-state index contributed by atoms with van der Waals surface area (Å²) in [5.41, 5.74) is 2.51. The second-order valence-corrected chi connectivity index (χ2v) is 5.12. The van der Waals surface area contributed by atoms with Gasteiger partial charge in [-0.3, -0.25) is 4.79 Å². The lowest BCUT2D eigenvalue weighted by Crippen LogP contribution is -2.36. The number of nitrogens with zero attached hydrogens (tertiary/aromatic N) is 1. The zero-order chi connectivity index (χ0) is 14.9. The van der Waals surface area contributed by atoms with Crippen LogP contribution < -0.4 is 10.2 Å². The molecule has 116 valence electrons. The molecule has 0 spiro atoms. The zero-order valence-corrected chi connectivity index (χ0v) is 12.6. The largest absolute Gasteiger partial charge is 0.469 e. The molecule has 21 heavy (non-hydrogen) atoms. The molecule has 0 bridgehead atoms. The maximum absolute atomic E-state index is 11.0. The Bertz CT molecular complexity index is 428. The van der Waals surface area contributed by atoms with E-state index in [2.05, 4.69) is 39.2 Å². The van der Waals surface area contributed by atoms with Crippen LogP contribution in [0, 0.1) is 0 Å². The molecule has 1 N–H and O–H groups in total. The van der Waals surface area contributed by atoms with Crippen LogP contribution in [0.25, 0.3) is 0 Å². The molecule has 0 radical (unpaired) electrons. The average molecular weight is 292 g/mol. The van der Waals surface area contributed by atoms with Crippen LogP contribution in [0.15, 0.2) is 24.3 Å². The first-order valence-corrected chi connectivity index (χ1v) is 7.49. The van der Waals surface area contributed by atoms with E-state index in [-0.39, 0.29) is 5.97 Å². The Morgan fingerprint density at radius 1 is 1.29 bits per heavy atom. The number of nitrogens with one attached hydrogen (secondary N) is 1. The van der Waals surface area contributed by atoms with E-state index in [0.717, 1.165) is 45.8 Å². The van der Waals surface area contributed by atoms with Gasteiger partial charge in [-0.05, 0) is 30.7 Å². The summed E-state index contributed by atoms with van der Waals surface area (Å²) in [6, 6.07) is 8.63. The lowest BCUT2D eigenvalue weighted by Gasteiger charge is -2.28. The number of rotatable bonds is 7. The molecular formula is C16H24N2O3. The van der Waals surface area contributed by atoms with Crippen LogP contribution in [-0.2, 0) is 20.8 Å². The molecule has 0 aromatic heterocycles. The summed E-state index contributed by atoms with van der Waals surface area (Å²) in [6.07, 6.45) is 1.28. The topological polar surface area (TPSA) is 50.8 Å².